The number of hydrogen-bond acceptors (Lipinski definition) is 5. The van der Waals surface area contributed by atoms with E-state index >= 15 is 0 Å². The Bertz CT molecular complexity index is 441. The predicted octanol–water partition coefficient (Wildman–Crippen LogP) is 1.54. The fourth-order valence-corrected chi connectivity index (χ4v) is 2.22. The van der Waals surface area contributed by atoms with Crippen molar-refractivity contribution in [2.75, 3.05) is 6.54 Å². The largest absolute Gasteiger partial charge is 0.478 e. The first-order valence-corrected chi connectivity index (χ1v) is 5.63. The quantitative estimate of drug-likeness (QED) is 0.405. The maximum Gasteiger partial charge on any atom is 0.336 e. The van der Waals surface area contributed by atoms with Crippen LogP contribution in [0.15, 0.2) is 16.6 Å². The van der Waals surface area contributed by atoms with Gasteiger partial charge < -0.3 is 15.3 Å². The molecule has 0 saturated heterocycles. The second-order valence-corrected chi connectivity index (χ2v) is 4.21. The van der Waals surface area contributed by atoms with Crippen molar-refractivity contribution in [3.63, 3.8) is 0 Å². The Morgan fingerprint density at radius 2 is 2.29 bits per heavy atom. The molecule has 17 heavy (non-hydrogen) atoms. The van der Waals surface area contributed by atoms with E-state index in [4.69, 9.17) is 10.6 Å². The Balaban J connectivity index is 2.74. The van der Waals surface area contributed by atoms with Crippen LogP contribution in [0.2, 0.25) is 0 Å². The van der Waals surface area contributed by atoms with Crippen molar-refractivity contribution < 1.29 is 20.1 Å². The third kappa shape index (κ3) is 3.43. The second-order valence-electron chi connectivity index (χ2n) is 3.26. The van der Waals surface area contributed by atoms with Gasteiger partial charge in [-0.05, 0) is 23.4 Å². The van der Waals surface area contributed by atoms with Crippen molar-refractivity contribution >= 4 is 17.3 Å². The van der Waals surface area contributed by atoms with Crippen LogP contribution in [0.25, 0.3) is 10.4 Å². The summed E-state index contributed by atoms with van der Waals surface area (Å²) < 4.78 is 0. The lowest BCUT2D eigenvalue weighted by Gasteiger charge is -2.16. The van der Waals surface area contributed by atoms with E-state index in [0.717, 1.165) is 11.3 Å². The SMILES string of the molecule is [N-]=[N+]=NCCC(O)C(O)c1sccc1C(=O)O. The molecule has 0 radical (unpaired) electrons. The van der Waals surface area contributed by atoms with Gasteiger partial charge >= 0.3 is 5.97 Å². The fraction of sp³-hybridized carbons (Fsp3) is 0.444. The predicted molar refractivity (Wildman–Crippen MR) is 60.9 cm³/mol. The lowest BCUT2D eigenvalue weighted by Crippen LogP contribution is -2.20. The van der Waals surface area contributed by atoms with Crippen LogP contribution < -0.4 is 0 Å². The second kappa shape index (κ2) is 6.21. The number of aromatic carboxylic acids is 1. The van der Waals surface area contributed by atoms with E-state index in [2.05, 4.69) is 10.0 Å². The molecule has 1 aromatic heterocycles. The minimum absolute atomic E-state index is 0.0228. The van der Waals surface area contributed by atoms with Gasteiger partial charge in [0, 0.05) is 11.5 Å². The van der Waals surface area contributed by atoms with E-state index in [0.29, 0.717) is 0 Å². The molecule has 92 valence electrons. The highest BCUT2D eigenvalue weighted by atomic mass is 32.1. The average molecular weight is 257 g/mol. The van der Waals surface area contributed by atoms with Crippen molar-refractivity contribution in [3.8, 4) is 0 Å². The molecule has 0 saturated carbocycles. The summed E-state index contributed by atoms with van der Waals surface area (Å²) in [6.45, 7) is 0.0442. The van der Waals surface area contributed by atoms with Gasteiger partial charge in [0.15, 0.2) is 0 Å². The Hall–Kier alpha value is -1.60. The number of carbonyl (C=O) groups is 1. The molecule has 0 fully saturated rings. The third-order valence-electron chi connectivity index (χ3n) is 2.15. The van der Waals surface area contributed by atoms with E-state index < -0.39 is 18.2 Å². The van der Waals surface area contributed by atoms with Gasteiger partial charge in [0.1, 0.15) is 6.10 Å². The maximum absolute atomic E-state index is 10.8. The van der Waals surface area contributed by atoms with Crippen LogP contribution in [0.4, 0.5) is 0 Å². The van der Waals surface area contributed by atoms with Crippen LogP contribution in [0.1, 0.15) is 27.8 Å². The Kier molecular flexibility index (Phi) is 4.92. The number of rotatable bonds is 6. The van der Waals surface area contributed by atoms with Crippen molar-refractivity contribution in [1.29, 1.82) is 0 Å². The van der Waals surface area contributed by atoms with E-state index in [-0.39, 0.29) is 23.4 Å². The molecular formula is C9H11N3O4S. The van der Waals surface area contributed by atoms with Crippen molar-refractivity contribution in [3.05, 3.63) is 32.3 Å². The molecule has 3 N–H and O–H groups in total. The molecule has 1 rings (SSSR count). The van der Waals surface area contributed by atoms with Gasteiger partial charge in [0.25, 0.3) is 0 Å². The maximum atomic E-state index is 10.8. The normalized spacial score (nSPS) is 13.8. The Morgan fingerprint density at radius 1 is 1.59 bits per heavy atom. The third-order valence-corrected chi connectivity index (χ3v) is 3.13. The van der Waals surface area contributed by atoms with Gasteiger partial charge in [-0.3, -0.25) is 0 Å². The van der Waals surface area contributed by atoms with Crippen molar-refractivity contribution in [2.24, 2.45) is 5.11 Å². The summed E-state index contributed by atoms with van der Waals surface area (Å²) in [5.41, 5.74) is 8.03. The van der Waals surface area contributed by atoms with E-state index in [1.165, 1.54) is 11.4 Å². The van der Waals surface area contributed by atoms with Crippen LogP contribution in [-0.4, -0.2) is 33.9 Å². The van der Waals surface area contributed by atoms with Gasteiger partial charge in [-0.15, -0.1) is 11.3 Å². The summed E-state index contributed by atoms with van der Waals surface area (Å²) in [5, 5.41) is 33.0. The number of hydrogen-bond donors (Lipinski definition) is 3. The first-order chi connectivity index (χ1) is 8.07. The summed E-state index contributed by atoms with van der Waals surface area (Å²) in [7, 11) is 0. The Labute approximate surface area is 101 Å². The molecule has 0 amide bonds. The van der Waals surface area contributed by atoms with Gasteiger partial charge in [0.2, 0.25) is 0 Å². The molecule has 7 nitrogen and oxygen atoms in total. The van der Waals surface area contributed by atoms with Crippen molar-refractivity contribution in [2.45, 2.75) is 18.6 Å². The minimum Gasteiger partial charge on any atom is -0.478 e. The molecule has 8 heteroatoms. The fourth-order valence-electron chi connectivity index (χ4n) is 1.29. The number of thiophene rings is 1. The first-order valence-electron chi connectivity index (χ1n) is 4.75. The smallest absolute Gasteiger partial charge is 0.336 e. The summed E-state index contributed by atoms with van der Waals surface area (Å²) in [6.07, 6.45) is -2.37. The number of aliphatic hydroxyl groups is 2. The van der Waals surface area contributed by atoms with E-state index in [9.17, 15) is 15.0 Å². The molecule has 0 aromatic carbocycles. The van der Waals surface area contributed by atoms with Gasteiger partial charge in [-0.25, -0.2) is 4.79 Å². The molecular weight excluding hydrogens is 246 g/mol. The highest BCUT2D eigenvalue weighted by Gasteiger charge is 2.24. The van der Waals surface area contributed by atoms with Gasteiger partial charge in [-0.1, -0.05) is 5.11 Å². The monoisotopic (exact) mass is 257 g/mol. The number of carboxylic acids is 1. The molecule has 0 aliphatic carbocycles. The van der Waals surface area contributed by atoms with Crippen LogP contribution in [0.3, 0.4) is 0 Å². The lowest BCUT2D eigenvalue weighted by atomic mass is 10.1. The number of nitrogens with zero attached hydrogens (tertiary/aromatic N) is 3. The summed E-state index contributed by atoms with van der Waals surface area (Å²) in [5.74, 6) is -1.15. The van der Waals surface area contributed by atoms with Crippen molar-refractivity contribution in [1.82, 2.24) is 0 Å². The lowest BCUT2D eigenvalue weighted by molar-refractivity contribution is 0.0163. The highest BCUT2D eigenvalue weighted by molar-refractivity contribution is 7.10. The molecule has 2 unspecified atom stereocenters. The molecule has 0 aliphatic heterocycles. The number of azide groups is 1. The summed E-state index contributed by atoms with van der Waals surface area (Å²) >= 11 is 1.06. The molecule has 0 aliphatic rings. The average Bonchev–Trinajstić information content (AvgIpc) is 2.77. The topological polar surface area (TPSA) is 127 Å². The van der Waals surface area contributed by atoms with E-state index in [1.807, 2.05) is 0 Å². The Morgan fingerprint density at radius 3 is 2.88 bits per heavy atom. The van der Waals surface area contributed by atoms with Crippen LogP contribution >= 0.6 is 11.3 Å². The van der Waals surface area contributed by atoms with E-state index in [1.54, 1.807) is 0 Å². The van der Waals surface area contributed by atoms with Crippen LogP contribution in [-0.2, 0) is 0 Å². The highest BCUT2D eigenvalue weighted by Crippen LogP contribution is 2.28. The number of aliphatic hydroxyl groups excluding tert-OH is 2. The zero-order valence-electron chi connectivity index (χ0n) is 8.72. The molecule has 1 aromatic rings. The van der Waals surface area contributed by atoms with Gasteiger partial charge in [0.05, 0.1) is 16.5 Å². The first kappa shape index (κ1) is 13.5. The summed E-state index contributed by atoms with van der Waals surface area (Å²) in [6, 6.07) is 1.37. The zero-order valence-corrected chi connectivity index (χ0v) is 9.54. The molecule has 2 atom stereocenters. The molecule has 0 bridgehead atoms. The molecule has 1 heterocycles. The van der Waals surface area contributed by atoms with Crippen LogP contribution in [0, 0.1) is 0 Å². The minimum atomic E-state index is -1.28. The molecule has 0 spiro atoms. The zero-order chi connectivity index (χ0) is 12.8. The number of carboxylic acid groups (broad SMARTS) is 1. The standard InChI is InChI=1S/C9H11N3O4S/c10-12-11-3-1-6(13)7(14)8-5(9(15)16)2-4-17-8/h2,4,6-7,13-14H,1,3H2,(H,15,16). The van der Waals surface area contributed by atoms with Crippen LogP contribution in [0.5, 0.6) is 0 Å². The summed E-state index contributed by atoms with van der Waals surface area (Å²) in [4.78, 5) is 13.5. The van der Waals surface area contributed by atoms with Gasteiger partial charge in [-0.2, -0.15) is 0 Å².